The second-order valence-electron chi connectivity index (χ2n) is 6.47. The number of nitrogens with one attached hydrogen (secondary N) is 2. The van der Waals surface area contributed by atoms with Crippen molar-refractivity contribution in [2.75, 3.05) is 5.32 Å². The molecule has 0 unspecified atom stereocenters. The molecule has 0 aliphatic heterocycles. The molecule has 2 aromatic heterocycles. The molecule has 0 fully saturated rings. The molecule has 0 saturated heterocycles. The largest absolute Gasteiger partial charge is 0.459 e. The Morgan fingerprint density at radius 2 is 2.00 bits per heavy atom. The maximum Gasteiger partial charge on any atom is 0.333 e. The van der Waals surface area contributed by atoms with Gasteiger partial charge in [-0.2, -0.15) is 0 Å². The molecule has 2 aromatic carbocycles. The highest BCUT2D eigenvalue weighted by Crippen LogP contribution is 2.31. The van der Waals surface area contributed by atoms with E-state index in [0.717, 1.165) is 16.6 Å². The molecule has 0 bridgehead atoms. The number of fused-ring (bicyclic) bond motifs is 1. The summed E-state index contributed by atoms with van der Waals surface area (Å²) in [5, 5.41) is 6.13. The minimum Gasteiger partial charge on any atom is -0.459 e. The summed E-state index contributed by atoms with van der Waals surface area (Å²) in [6.45, 7) is 0.111. The van der Waals surface area contributed by atoms with Crippen molar-refractivity contribution in [3.8, 4) is 0 Å². The van der Waals surface area contributed by atoms with Crippen molar-refractivity contribution < 1.29 is 9.53 Å². The molecule has 0 saturated carbocycles. The Morgan fingerprint density at radius 1 is 1.17 bits per heavy atom. The van der Waals surface area contributed by atoms with Crippen LogP contribution in [0.3, 0.4) is 0 Å². The van der Waals surface area contributed by atoms with E-state index in [1.807, 2.05) is 30.3 Å². The van der Waals surface area contributed by atoms with Crippen LogP contribution in [0.5, 0.6) is 0 Å². The fourth-order valence-corrected chi connectivity index (χ4v) is 3.15. The third-order valence-electron chi connectivity index (χ3n) is 4.48. The molecule has 1 atom stereocenters. The predicted octanol–water partition coefficient (Wildman–Crippen LogP) is 4.91. The van der Waals surface area contributed by atoms with Gasteiger partial charge in [-0.3, -0.25) is 0 Å². The zero-order chi connectivity index (χ0) is 20.9. The second kappa shape index (κ2) is 8.71. The van der Waals surface area contributed by atoms with E-state index in [2.05, 4.69) is 25.4 Å². The lowest BCUT2D eigenvalue weighted by molar-refractivity contribution is -0.146. The summed E-state index contributed by atoms with van der Waals surface area (Å²) in [6.07, 6.45) is 2.81. The van der Waals surface area contributed by atoms with E-state index in [1.54, 1.807) is 24.5 Å². The standard InChI is InChI=1S/C21H16ClN5O3/c22-19-9-17(18(27-29)10-23-19)26-20(14-6-7-15-16(8-14)25-12-24-15)21(28)30-11-13-4-2-1-3-5-13/h1-10,12,20H,11H2,(H,23,26)(H,24,25)/t20-/m1/s1. The van der Waals surface area contributed by atoms with Gasteiger partial charge in [-0.25, -0.2) is 14.8 Å². The molecule has 2 heterocycles. The third kappa shape index (κ3) is 4.28. The van der Waals surface area contributed by atoms with Crippen molar-refractivity contribution in [1.29, 1.82) is 0 Å². The number of H-pyrrole nitrogens is 1. The zero-order valence-corrected chi connectivity index (χ0v) is 16.3. The van der Waals surface area contributed by atoms with Gasteiger partial charge >= 0.3 is 5.97 Å². The van der Waals surface area contributed by atoms with Crippen molar-refractivity contribution >= 4 is 40.0 Å². The van der Waals surface area contributed by atoms with Gasteiger partial charge in [0.25, 0.3) is 0 Å². The number of aromatic nitrogens is 3. The molecule has 4 rings (SSSR count). The van der Waals surface area contributed by atoms with Gasteiger partial charge in [0.05, 0.1) is 29.2 Å². The fraction of sp³-hybridized carbons (Fsp3) is 0.0952. The van der Waals surface area contributed by atoms with Crippen LogP contribution in [0.15, 0.2) is 72.3 Å². The van der Waals surface area contributed by atoms with E-state index in [1.165, 1.54) is 12.3 Å². The highest BCUT2D eigenvalue weighted by atomic mass is 35.5. The van der Waals surface area contributed by atoms with Crippen LogP contribution in [0.1, 0.15) is 17.2 Å². The van der Waals surface area contributed by atoms with E-state index in [9.17, 15) is 9.70 Å². The van der Waals surface area contributed by atoms with Gasteiger partial charge in [-0.15, -0.1) is 4.91 Å². The maximum absolute atomic E-state index is 13.0. The summed E-state index contributed by atoms with van der Waals surface area (Å²) in [7, 11) is 0. The molecular formula is C21H16ClN5O3. The number of carbonyl (C=O) groups is 1. The number of hydrogen-bond acceptors (Lipinski definition) is 7. The van der Waals surface area contributed by atoms with Crippen LogP contribution in [0, 0.1) is 4.91 Å². The van der Waals surface area contributed by atoms with E-state index in [0.29, 0.717) is 5.56 Å². The van der Waals surface area contributed by atoms with Gasteiger partial charge in [-0.05, 0) is 28.4 Å². The van der Waals surface area contributed by atoms with Gasteiger partial charge in [0, 0.05) is 6.07 Å². The van der Waals surface area contributed by atoms with Gasteiger partial charge < -0.3 is 15.0 Å². The monoisotopic (exact) mass is 421 g/mol. The summed E-state index contributed by atoms with van der Waals surface area (Å²) >= 11 is 5.96. The second-order valence-corrected chi connectivity index (χ2v) is 6.85. The highest BCUT2D eigenvalue weighted by Gasteiger charge is 2.24. The number of pyridine rings is 1. The number of imidazole rings is 1. The number of rotatable bonds is 7. The molecule has 150 valence electrons. The van der Waals surface area contributed by atoms with Gasteiger partial charge in [0.1, 0.15) is 17.4 Å². The first-order chi connectivity index (χ1) is 14.6. The number of anilines is 1. The van der Waals surface area contributed by atoms with Crippen LogP contribution < -0.4 is 5.32 Å². The van der Waals surface area contributed by atoms with E-state index >= 15 is 0 Å². The zero-order valence-electron chi connectivity index (χ0n) is 15.6. The molecule has 4 aromatic rings. The quantitative estimate of drug-likeness (QED) is 0.249. The van der Waals surface area contributed by atoms with Gasteiger partial charge in [0.2, 0.25) is 0 Å². The highest BCUT2D eigenvalue weighted by molar-refractivity contribution is 6.29. The van der Waals surface area contributed by atoms with Crippen LogP contribution in [0.25, 0.3) is 11.0 Å². The average Bonchev–Trinajstić information content (AvgIpc) is 3.24. The van der Waals surface area contributed by atoms with Crippen molar-refractivity contribution in [1.82, 2.24) is 15.0 Å². The Balaban J connectivity index is 1.66. The molecule has 0 aliphatic carbocycles. The van der Waals surface area contributed by atoms with Crippen LogP contribution >= 0.6 is 11.6 Å². The fourth-order valence-electron chi connectivity index (χ4n) is 2.99. The minimum absolute atomic E-state index is 0.0304. The molecule has 9 heteroatoms. The van der Waals surface area contributed by atoms with Crippen LogP contribution in [-0.2, 0) is 16.1 Å². The molecule has 30 heavy (non-hydrogen) atoms. The third-order valence-corrected chi connectivity index (χ3v) is 4.69. The first-order valence-corrected chi connectivity index (χ1v) is 9.41. The Kier molecular flexibility index (Phi) is 5.67. The normalized spacial score (nSPS) is 11.8. The van der Waals surface area contributed by atoms with Crippen LogP contribution in [0.4, 0.5) is 11.4 Å². The first kappa shape index (κ1) is 19.5. The number of carbonyl (C=O) groups excluding carboxylic acids is 1. The first-order valence-electron chi connectivity index (χ1n) is 9.03. The summed E-state index contributed by atoms with van der Waals surface area (Å²) < 4.78 is 5.53. The summed E-state index contributed by atoms with van der Waals surface area (Å²) in [5.74, 6) is -0.525. The Morgan fingerprint density at radius 3 is 2.80 bits per heavy atom. The number of nitroso groups, excluding NO2 is 1. The number of halogens is 1. The molecule has 0 amide bonds. The van der Waals surface area contributed by atoms with E-state index in [-0.39, 0.29) is 23.1 Å². The number of aromatic amines is 1. The lowest BCUT2D eigenvalue weighted by Gasteiger charge is -2.20. The molecule has 0 radical (unpaired) electrons. The van der Waals surface area contributed by atoms with E-state index in [4.69, 9.17) is 16.3 Å². The number of benzene rings is 2. The number of esters is 1. The number of nitrogens with zero attached hydrogens (tertiary/aromatic N) is 3. The smallest absolute Gasteiger partial charge is 0.333 e. The summed E-state index contributed by atoms with van der Waals surface area (Å²) in [5.41, 5.74) is 3.30. The number of ether oxygens (including phenoxy) is 1. The van der Waals surface area contributed by atoms with Crippen molar-refractivity contribution in [2.45, 2.75) is 12.6 Å². The molecular weight excluding hydrogens is 406 g/mol. The molecule has 0 aliphatic rings. The van der Waals surface area contributed by atoms with Crippen LogP contribution in [-0.4, -0.2) is 20.9 Å². The van der Waals surface area contributed by atoms with Gasteiger partial charge in [-0.1, -0.05) is 48.0 Å². The lowest BCUT2D eigenvalue weighted by atomic mass is 10.1. The Bertz CT molecular complexity index is 1200. The topological polar surface area (TPSA) is 109 Å². The maximum atomic E-state index is 13.0. The minimum atomic E-state index is -0.916. The SMILES string of the molecule is O=Nc1cnc(Cl)cc1N[C@@H](C(=O)OCc1ccccc1)c1ccc2nc[nH]c2c1. The van der Waals surface area contributed by atoms with Crippen molar-refractivity contribution in [3.63, 3.8) is 0 Å². The molecule has 0 spiro atoms. The van der Waals surface area contributed by atoms with E-state index < -0.39 is 12.0 Å². The van der Waals surface area contributed by atoms with Crippen molar-refractivity contribution in [3.05, 3.63) is 88.3 Å². The Labute approximate surface area is 176 Å². The average molecular weight is 422 g/mol. The van der Waals surface area contributed by atoms with Crippen LogP contribution in [0.2, 0.25) is 5.15 Å². The molecule has 2 N–H and O–H groups in total. The van der Waals surface area contributed by atoms with Crippen molar-refractivity contribution in [2.24, 2.45) is 5.18 Å². The summed E-state index contributed by atoms with van der Waals surface area (Å²) in [4.78, 5) is 35.2. The Hall–Kier alpha value is -3.78. The predicted molar refractivity (Wildman–Crippen MR) is 113 cm³/mol. The lowest BCUT2D eigenvalue weighted by Crippen LogP contribution is -2.23. The number of hydrogen-bond donors (Lipinski definition) is 2. The molecule has 8 nitrogen and oxygen atoms in total. The summed E-state index contributed by atoms with van der Waals surface area (Å²) in [6, 6.07) is 15.2. The van der Waals surface area contributed by atoms with Gasteiger partial charge in [0.15, 0.2) is 6.04 Å².